The molecule has 156 valence electrons. The molecule has 2 fully saturated rings. The van der Waals surface area contributed by atoms with Gasteiger partial charge in [-0.1, -0.05) is 11.8 Å². The average Bonchev–Trinajstić information content (AvgIpc) is 3.08. The van der Waals surface area contributed by atoms with Gasteiger partial charge in [-0.05, 0) is 65.4 Å². The van der Waals surface area contributed by atoms with Gasteiger partial charge in [0.25, 0.3) is 0 Å². The van der Waals surface area contributed by atoms with Crippen molar-refractivity contribution in [3.8, 4) is 11.8 Å². The van der Waals surface area contributed by atoms with Crippen molar-refractivity contribution in [1.82, 2.24) is 14.7 Å². The molecule has 0 unspecified atom stereocenters. The van der Waals surface area contributed by atoms with Gasteiger partial charge < -0.3 is 15.1 Å². The van der Waals surface area contributed by atoms with E-state index in [1.54, 1.807) is 25.2 Å². The molecule has 5 nitrogen and oxygen atoms in total. The Hall–Kier alpha value is -0.940. The highest BCUT2D eigenvalue weighted by Crippen LogP contribution is 2.25. The highest BCUT2D eigenvalue weighted by Gasteiger charge is 2.33. The summed E-state index contributed by atoms with van der Waals surface area (Å²) >= 11 is 1.72. The number of aliphatic hydroxyl groups is 2. The van der Waals surface area contributed by atoms with Gasteiger partial charge in [0, 0.05) is 49.7 Å². The topological polar surface area (TPSA) is 50.2 Å². The van der Waals surface area contributed by atoms with Crippen molar-refractivity contribution in [3.05, 3.63) is 21.9 Å². The number of rotatable bonds is 5. The Morgan fingerprint density at radius 3 is 2.61 bits per heavy atom. The minimum Gasteiger partial charge on any atom is -0.396 e. The standard InChI is InChI=1S/C22H35N3O2S/c1-22(2,27)10-6-20-4-5-21(28-20)17-24-13-14-25(19(16-24)9-15-26)18-7-11-23(3)12-8-18/h4-5,18-19,26-27H,7-9,11-17H2,1-3H3/t19-/m1/s1. The zero-order valence-electron chi connectivity index (χ0n) is 17.5. The van der Waals surface area contributed by atoms with E-state index in [0.717, 1.165) is 37.5 Å². The van der Waals surface area contributed by atoms with Crippen LogP contribution < -0.4 is 0 Å². The van der Waals surface area contributed by atoms with Crippen LogP contribution in [0.5, 0.6) is 0 Å². The van der Waals surface area contributed by atoms with Crippen LogP contribution in [0.25, 0.3) is 0 Å². The number of piperazine rings is 1. The fraction of sp³-hybridized carbons (Fsp3) is 0.727. The van der Waals surface area contributed by atoms with Crippen molar-refractivity contribution in [1.29, 1.82) is 0 Å². The van der Waals surface area contributed by atoms with Crippen LogP contribution in [0.2, 0.25) is 0 Å². The summed E-state index contributed by atoms with van der Waals surface area (Å²) in [6.45, 7) is 10.2. The van der Waals surface area contributed by atoms with Crippen molar-refractivity contribution in [2.24, 2.45) is 0 Å². The molecule has 0 bridgehead atoms. The molecular formula is C22H35N3O2S. The van der Waals surface area contributed by atoms with E-state index in [0.29, 0.717) is 12.1 Å². The normalized spacial score (nSPS) is 23.5. The summed E-state index contributed by atoms with van der Waals surface area (Å²) in [6.07, 6.45) is 3.34. The average molecular weight is 406 g/mol. The Morgan fingerprint density at radius 2 is 1.93 bits per heavy atom. The number of nitrogens with zero attached hydrogens (tertiary/aromatic N) is 3. The van der Waals surface area contributed by atoms with Crippen LogP contribution >= 0.6 is 11.3 Å². The van der Waals surface area contributed by atoms with Crippen LogP contribution in [0.3, 0.4) is 0 Å². The second-order valence-corrected chi connectivity index (χ2v) is 9.92. The summed E-state index contributed by atoms with van der Waals surface area (Å²) in [4.78, 5) is 9.94. The van der Waals surface area contributed by atoms with Gasteiger partial charge >= 0.3 is 0 Å². The van der Waals surface area contributed by atoms with Crippen LogP contribution in [0.15, 0.2) is 12.1 Å². The van der Waals surface area contributed by atoms with E-state index in [1.807, 2.05) is 0 Å². The molecule has 2 saturated heterocycles. The number of aliphatic hydroxyl groups excluding tert-OH is 1. The molecule has 3 rings (SSSR count). The van der Waals surface area contributed by atoms with Crippen LogP contribution in [-0.4, -0.2) is 89.0 Å². The Kier molecular flexibility index (Phi) is 7.54. The highest BCUT2D eigenvalue weighted by atomic mass is 32.1. The third-order valence-corrected chi connectivity index (χ3v) is 6.75. The maximum Gasteiger partial charge on any atom is 0.120 e. The second-order valence-electron chi connectivity index (χ2n) is 8.75. The molecule has 1 atom stereocenters. The van der Waals surface area contributed by atoms with E-state index in [4.69, 9.17) is 0 Å². The summed E-state index contributed by atoms with van der Waals surface area (Å²) < 4.78 is 0. The number of hydrogen-bond acceptors (Lipinski definition) is 6. The first-order valence-electron chi connectivity index (χ1n) is 10.5. The predicted molar refractivity (Wildman–Crippen MR) is 115 cm³/mol. The first-order valence-corrected chi connectivity index (χ1v) is 11.3. The molecule has 2 aliphatic heterocycles. The van der Waals surface area contributed by atoms with Crippen LogP contribution in [-0.2, 0) is 6.54 Å². The molecule has 0 radical (unpaired) electrons. The van der Waals surface area contributed by atoms with Gasteiger partial charge in [0.2, 0.25) is 0 Å². The lowest BCUT2D eigenvalue weighted by molar-refractivity contribution is 0.00629. The first-order chi connectivity index (χ1) is 13.3. The number of piperidine rings is 1. The molecule has 0 aromatic carbocycles. The molecule has 6 heteroatoms. The van der Waals surface area contributed by atoms with E-state index in [1.165, 1.54) is 30.8 Å². The monoisotopic (exact) mass is 405 g/mol. The van der Waals surface area contributed by atoms with Crippen LogP contribution in [0.1, 0.15) is 42.9 Å². The second kappa shape index (κ2) is 9.71. The zero-order chi connectivity index (χ0) is 20.1. The fourth-order valence-electron chi connectivity index (χ4n) is 4.26. The van der Waals surface area contributed by atoms with E-state index in [9.17, 15) is 10.2 Å². The first kappa shape index (κ1) is 21.8. The molecule has 0 spiro atoms. The largest absolute Gasteiger partial charge is 0.396 e. The van der Waals surface area contributed by atoms with E-state index in [2.05, 4.69) is 45.7 Å². The van der Waals surface area contributed by atoms with Gasteiger partial charge in [-0.15, -0.1) is 11.3 Å². The lowest BCUT2D eigenvalue weighted by Gasteiger charge is -2.47. The Morgan fingerprint density at radius 1 is 1.18 bits per heavy atom. The molecule has 0 amide bonds. The molecule has 1 aromatic heterocycles. The lowest BCUT2D eigenvalue weighted by atomic mass is 9.98. The summed E-state index contributed by atoms with van der Waals surface area (Å²) in [6, 6.07) is 5.32. The predicted octanol–water partition coefficient (Wildman–Crippen LogP) is 1.83. The lowest BCUT2D eigenvalue weighted by Crippen LogP contribution is -2.58. The van der Waals surface area contributed by atoms with Crippen molar-refractivity contribution in [3.63, 3.8) is 0 Å². The minimum absolute atomic E-state index is 0.261. The van der Waals surface area contributed by atoms with Gasteiger partial charge in [-0.3, -0.25) is 9.80 Å². The van der Waals surface area contributed by atoms with Crippen molar-refractivity contribution in [2.75, 3.05) is 46.4 Å². The van der Waals surface area contributed by atoms with E-state index < -0.39 is 5.60 Å². The molecule has 0 saturated carbocycles. The van der Waals surface area contributed by atoms with E-state index in [-0.39, 0.29) is 6.61 Å². The smallest absolute Gasteiger partial charge is 0.120 e. The Balaban J connectivity index is 1.58. The molecule has 0 aliphatic carbocycles. The maximum absolute atomic E-state index is 9.77. The Bertz CT molecular complexity index is 680. The number of likely N-dealkylation sites (tertiary alicyclic amines) is 1. The van der Waals surface area contributed by atoms with Gasteiger partial charge in [0.1, 0.15) is 5.60 Å². The molecular weight excluding hydrogens is 370 g/mol. The third kappa shape index (κ3) is 6.28. The van der Waals surface area contributed by atoms with Gasteiger partial charge in [0.15, 0.2) is 0 Å². The number of thiophene rings is 1. The van der Waals surface area contributed by atoms with Crippen LogP contribution in [0.4, 0.5) is 0 Å². The van der Waals surface area contributed by atoms with Gasteiger partial charge in [-0.2, -0.15) is 0 Å². The summed E-state index contributed by atoms with van der Waals surface area (Å²) in [5.41, 5.74) is -0.952. The molecule has 2 N–H and O–H groups in total. The molecule has 2 aliphatic rings. The summed E-state index contributed by atoms with van der Waals surface area (Å²) in [7, 11) is 2.21. The SMILES string of the molecule is CN1CCC(N2CCN(Cc3ccc(C#CC(C)(C)O)s3)C[C@H]2CCO)CC1. The quantitative estimate of drug-likeness (QED) is 0.732. The van der Waals surface area contributed by atoms with Crippen LogP contribution in [0, 0.1) is 11.8 Å². The Labute approximate surface area is 173 Å². The maximum atomic E-state index is 9.77. The summed E-state index contributed by atoms with van der Waals surface area (Å²) in [5.74, 6) is 5.97. The van der Waals surface area contributed by atoms with Gasteiger partial charge in [-0.25, -0.2) is 0 Å². The van der Waals surface area contributed by atoms with E-state index >= 15 is 0 Å². The zero-order valence-corrected chi connectivity index (χ0v) is 18.3. The fourth-order valence-corrected chi connectivity index (χ4v) is 5.16. The third-order valence-electron chi connectivity index (χ3n) is 5.76. The van der Waals surface area contributed by atoms with Gasteiger partial charge in [0.05, 0.1) is 4.88 Å². The molecule has 28 heavy (non-hydrogen) atoms. The highest BCUT2D eigenvalue weighted by molar-refractivity contribution is 7.12. The minimum atomic E-state index is -0.952. The summed E-state index contributed by atoms with van der Waals surface area (Å²) in [5, 5.41) is 19.4. The number of hydrogen-bond donors (Lipinski definition) is 2. The molecule has 3 heterocycles. The van der Waals surface area contributed by atoms with Crippen molar-refractivity contribution < 1.29 is 10.2 Å². The van der Waals surface area contributed by atoms with Crippen molar-refractivity contribution in [2.45, 2.75) is 57.3 Å². The molecule has 1 aromatic rings. The van der Waals surface area contributed by atoms with Crippen molar-refractivity contribution >= 4 is 11.3 Å².